The van der Waals surface area contributed by atoms with Gasteiger partial charge in [0.25, 0.3) is 11.1 Å². The lowest BCUT2D eigenvalue weighted by atomic mass is 9.93. The Morgan fingerprint density at radius 3 is 2.49 bits per heavy atom. The van der Waals surface area contributed by atoms with Gasteiger partial charge in [0.05, 0.1) is 23.4 Å². The number of ether oxygens (including phenoxy) is 2. The van der Waals surface area contributed by atoms with Crippen LogP contribution < -0.4 is 26.4 Å². The molecule has 0 saturated carbocycles. The first kappa shape index (κ1) is 35.6. The fraction of sp³-hybridized carbons (Fsp3) is 0.500. The molecule has 15 heteroatoms. The minimum absolute atomic E-state index is 0.0253. The van der Waals surface area contributed by atoms with E-state index in [2.05, 4.69) is 42.0 Å². The van der Waals surface area contributed by atoms with Gasteiger partial charge >= 0.3 is 5.69 Å². The van der Waals surface area contributed by atoms with Crippen molar-refractivity contribution < 1.29 is 13.9 Å². The predicted octanol–water partition coefficient (Wildman–Crippen LogP) is 4.21. The van der Waals surface area contributed by atoms with Crippen LogP contribution in [0.3, 0.4) is 0 Å². The molecular formula is C38H45FN8O5S. The minimum atomic E-state index is -0.608. The number of nitrogens with zero attached hydrogens (tertiary/aromatic N) is 6. The van der Waals surface area contributed by atoms with E-state index in [1.807, 2.05) is 13.1 Å². The van der Waals surface area contributed by atoms with Crippen molar-refractivity contribution in [1.82, 2.24) is 34.2 Å². The zero-order valence-electron chi connectivity index (χ0n) is 29.9. The number of fused-ring (bicyclic) bond motifs is 2. The van der Waals surface area contributed by atoms with Gasteiger partial charge in [-0.05, 0) is 81.6 Å². The van der Waals surface area contributed by atoms with Crippen molar-refractivity contribution in [1.29, 1.82) is 0 Å². The van der Waals surface area contributed by atoms with Crippen LogP contribution in [0, 0.1) is 17.7 Å². The van der Waals surface area contributed by atoms with Gasteiger partial charge in [-0.3, -0.25) is 23.8 Å². The SMILES string of the molecule is Cn1nc(-n2ccc(=O)[nH]c2=O)c2ccc(N3CCC(CN4CCC(COc5cc(F)c6c(=O)[nH]c(CSC7CCOCC7)nc6c5)CC4)CC3)cc21. The van der Waals surface area contributed by atoms with E-state index in [0.717, 1.165) is 101 Å². The number of likely N-dealkylation sites (tertiary alicyclic amines) is 1. The topological polar surface area (TPSA) is 143 Å². The molecule has 3 aliphatic rings. The number of H-pyrrole nitrogens is 2. The highest BCUT2D eigenvalue weighted by atomic mass is 32.2. The summed E-state index contributed by atoms with van der Waals surface area (Å²) in [6.07, 6.45) is 7.71. The van der Waals surface area contributed by atoms with Crippen LogP contribution in [0.15, 0.2) is 57.0 Å². The van der Waals surface area contributed by atoms with Gasteiger partial charge in [-0.15, -0.1) is 0 Å². The summed E-state index contributed by atoms with van der Waals surface area (Å²) in [6.45, 7) is 7.10. The fourth-order valence-electron chi connectivity index (χ4n) is 7.91. The van der Waals surface area contributed by atoms with Crippen molar-refractivity contribution in [2.24, 2.45) is 18.9 Å². The zero-order valence-corrected chi connectivity index (χ0v) is 30.7. The summed E-state index contributed by atoms with van der Waals surface area (Å²) >= 11 is 1.75. The van der Waals surface area contributed by atoms with E-state index in [-0.39, 0.29) is 5.39 Å². The van der Waals surface area contributed by atoms with E-state index in [9.17, 15) is 14.4 Å². The number of aromatic nitrogens is 6. The Kier molecular flexibility index (Phi) is 10.4. The first-order valence-electron chi connectivity index (χ1n) is 18.6. The van der Waals surface area contributed by atoms with Crippen LogP contribution in [0.5, 0.6) is 5.75 Å². The fourth-order valence-corrected chi connectivity index (χ4v) is 8.97. The van der Waals surface area contributed by atoms with E-state index in [0.29, 0.717) is 52.4 Å². The van der Waals surface area contributed by atoms with Gasteiger partial charge in [0, 0.05) is 80.6 Å². The van der Waals surface area contributed by atoms with Crippen LogP contribution in [0.2, 0.25) is 0 Å². The Bertz CT molecular complexity index is 2270. The number of hydrogen-bond donors (Lipinski definition) is 2. The smallest absolute Gasteiger partial charge is 0.334 e. The lowest BCUT2D eigenvalue weighted by molar-refractivity contribution is 0.1000. The molecule has 3 aliphatic heterocycles. The largest absolute Gasteiger partial charge is 0.493 e. The van der Waals surface area contributed by atoms with Crippen molar-refractivity contribution in [3.8, 4) is 11.6 Å². The maximum Gasteiger partial charge on any atom is 0.334 e. The van der Waals surface area contributed by atoms with Gasteiger partial charge in [0.1, 0.15) is 22.8 Å². The zero-order chi connectivity index (χ0) is 36.5. The molecule has 0 radical (unpaired) electrons. The van der Waals surface area contributed by atoms with Gasteiger partial charge in [-0.1, -0.05) is 0 Å². The summed E-state index contributed by atoms with van der Waals surface area (Å²) < 4.78 is 29.7. The van der Waals surface area contributed by atoms with Crippen LogP contribution in [0.25, 0.3) is 27.6 Å². The van der Waals surface area contributed by atoms with Crippen molar-refractivity contribution in [2.75, 3.05) is 57.4 Å². The summed E-state index contributed by atoms with van der Waals surface area (Å²) in [5, 5.41) is 5.87. The number of hydrogen-bond acceptors (Lipinski definition) is 10. The van der Waals surface area contributed by atoms with Crippen molar-refractivity contribution >= 4 is 39.3 Å². The quantitative estimate of drug-likeness (QED) is 0.214. The molecule has 2 N–H and O–H groups in total. The molecule has 280 valence electrons. The lowest BCUT2D eigenvalue weighted by Crippen LogP contribution is -2.42. The van der Waals surface area contributed by atoms with Crippen LogP contribution in [-0.2, 0) is 17.5 Å². The standard InChI is InChI=1S/C38H45FN8O5S/c1-44-32-18-26(2-3-29(32)36(43-44)47-15-8-34(48)42-38(47)50)46-13-6-24(7-14-46)21-45-11-4-25(5-12-45)22-52-27-19-30(39)35-31(20-27)40-33(41-37(35)49)23-53-28-9-16-51-17-10-28/h2-3,8,15,18-20,24-25,28H,4-7,9-14,16-17,21-23H2,1H3,(H,40,41,49)(H,42,48,50). The average molecular weight is 745 g/mol. The van der Waals surface area contributed by atoms with Gasteiger partial charge in [0.15, 0.2) is 5.82 Å². The molecule has 0 amide bonds. The summed E-state index contributed by atoms with van der Waals surface area (Å²) in [5.41, 5.74) is 0.989. The molecule has 0 atom stereocenters. The molecular weight excluding hydrogens is 700 g/mol. The van der Waals surface area contributed by atoms with Gasteiger partial charge < -0.3 is 24.3 Å². The summed E-state index contributed by atoms with van der Waals surface area (Å²) in [7, 11) is 1.86. The number of nitrogens with one attached hydrogen (secondary N) is 2. The van der Waals surface area contributed by atoms with E-state index >= 15 is 4.39 Å². The molecule has 6 heterocycles. The minimum Gasteiger partial charge on any atom is -0.493 e. The maximum absolute atomic E-state index is 15.0. The van der Waals surface area contributed by atoms with Crippen molar-refractivity contribution in [3.05, 3.63) is 85.4 Å². The third kappa shape index (κ3) is 7.92. The molecule has 3 aromatic heterocycles. The summed E-state index contributed by atoms with van der Waals surface area (Å²) in [6, 6.07) is 10.5. The van der Waals surface area contributed by atoms with Crippen LogP contribution in [0.4, 0.5) is 10.1 Å². The average Bonchev–Trinajstić information content (AvgIpc) is 3.49. The number of halogens is 1. The molecule has 8 rings (SSSR count). The molecule has 3 fully saturated rings. The van der Waals surface area contributed by atoms with Gasteiger partial charge in [-0.25, -0.2) is 14.2 Å². The number of anilines is 1. The Morgan fingerprint density at radius 2 is 1.72 bits per heavy atom. The Morgan fingerprint density at radius 1 is 0.943 bits per heavy atom. The normalized spacial score (nSPS) is 18.3. The molecule has 0 unspecified atom stereocenters. The first-order chi connectivity index (χ1) is 25.8. The second-order valence-electron chi connectivity index (χ2n) is 14.5. The number of aromatic amines is 2. The molecule has 0 bridgehead atoms. The molecule has 2 aromatic carbocycles. The second kappa shape index (κ2) is 15.5. The van der Waals surface area contributed by atoms with Gasteiger partial charge in [0.2, 0.25) is 0 Å². The molecule has 0 spiro atoms. The lowest BCUT2D eigenvalue weighted by Gasteiger charge is -2.38. The van der Waals surface area contributed by atoms with Crippen LogP contribution in [0.1, 0.15) is 44.3 Å². The highest BCUT2D eigenvalue weighted by Gasteiger charge is 2.26. The molecule has 0 aliphatic carbocycles. The number of piperidine rings is 2. The van der Waals surface area contributed by atoms with Crippen molar-refractivity contribution in [2.45, 2.75) is 49.5 Å². The summed E-state index contributed by atoms with van der Waals surface area (Å²) in [4.78, 5) is 51.3. The second-order valence-corrected chi connectivity index (χ2v) is 15.8. The molecule has 53 heavy (non-hydrogen) atoms. The van der Waals surface area contributed by atoms with Crippen LogP contribution in [-0.4, -0.2) is 92.0 Å². The predicted molar refractivity (Wildman–Crippen MR) is 204 cm³/mol. The Hall–Kier alpha value is -4.47. The summed E-state index contributed by atoms with van der Waals surface area (Å²) in [5.74, 6) is 2.44. The maximum atomic E-state index is 15.0. The van der Waals surface area contributed by atoms with Gasteiger partial charge in [-0.2, -0.15) is 16.9 Å². The highest BCUT2D eigenvalue weighted by molar-refractivity contribution is 7.99. The van der Waals surface area contributed by atoms with Crippen LogP contribution >= 0.6 is 11.8 Å². The monoisotopic (exact) mass is 744 g/mol. The molecule has 13 nitrogen and oxygen atoms in total. The van der Waals surface area contributed by atoms with E-state index in [4.69, 9.17) is 9.47 Å². The Labute approximate surface area is 309 Å². The number of benzene rings is 2. The number of thioether (sulfide) groups is 1. The molecule has 5 aromatic rings. The first-order valence-corrected chi connectivity index (χ1v) is 19.6. The number of aryl methyl sites for hydroxylation is 1. The third-order valence-electron chi connectivity index (χ3n) is 11.0. The van der Waals surface area contributed by atoms with Crippen molar-refractivity contribution in [3.63, 3.8) is 0 Å². The molecule has 3 saturated heterocycles. The van der Waals surface area contributed by atoms with E-state index in [1.165, 1.54) is 22.9 Å². The Balaban J connectivity index is 0.810. The van der Waals surface area contributed by atoms with E-state index in [1.54, 1.807) is 22.5 Å². The van der Waals surface area contributed by atoms with E-state index < -0.39 is 22.6 Å². The number of rotatable bonds is 10. The third-order valence-corrected chi connectivity index (χ3v) is 12.3. The highest BCUT2D eigenvalue weighted by Crippen LogP contribution is 2.31.